The molecule has 10 nitrogen and oxygen atoms in total. The van der Waals surface area contributed by atoms with Crippen molar-refractivity contribution in [1.82, 2.24) is 15.1 Å². The molecule has 11 heteroatoms. The number of amides is 3. The summed E-state index contributed by atoms with van der Waals surface area (Å²) in [5, 5.41) is 20.1. The molecule has 2 saturated heterocycles. The van der Waals surface area contributed by atoms with Crippen LogP contribution in [0.25, 0.3) is 0 Å². The predicted octanol–water partition coefficient (Wildman–Crippen LogP) is 5.40. The molecule has 42 heavy (non-hydrogen) atoms. The van der Waals surface area contributed by atoms with Crippen LogP contribution in [0.3, 0.4) is 0 Å². The average molecular weight is 592 g/mol. The Morgan fingerprint density at radius 1 is 1.05 bits per heavy atom. The number of carbonyl (C=O) groups excluding carboxylic acids is 3. The number of likely N-dealkylation sites (tertiary alicyclic amines) is 2. The van der Waals surface area contributed by atoms with E-state index in [0.717, 1.165) is 43.0 Å². The van der Waals surface area contributed by atoms with Crippen LogP contribution in [0.1, 0.15) is 67.4 Å². The molecular formula is C31H37N5O5S. The van der Waals surface area contributed by atoms with Gasteiger partial charge in [0.15, 0.2) is 0 Å². The first-order chi connectivity index (χ1) is 20.2. The number of nitrogens with zero attached hydrogens (tertiary/aromatic N) is 2. The van der Waals surface area contributed by atoms with Gasteiger partial charge in [-0.3, -0.25) is 20.4 Å². The van der Waals surface area contributed by atoms with Crippen molar-refractivity contribution in [2.24, 2.45) is 5.92 Å². The van der Waals surface area contributed by atoms with E-state index in [4.69, 9.17) is 20.3 Å². The van der Waals surface area contributed by atoms with Crippen LogP contribution in [0, 0.1) is 16.7 Å². The highest BCUT2D eigenvalue weighted by molar-refractivity contribution is 8.26. The van der Waals surface area contributed by atoms with Gasteiger partial charge in [0.2, 0.25) is 5.91 Å². The van der Waals surface area contributed by atoms with Crippen LogP contribution in [0.4, 0.5) is 4.79 Å². The van der Waals surface area contributed by atoms with E-state index >= 15 is 0 Å². The highest BCUT2D eigenvalue weighted by Gasteiger charge is 2.35. The Hall–Kier alpha value is -3.86. The second kappa shape index (κ2) is 13.0. The lowest BCUT2D eigenvalue weighted by atomic mass is 9.96. The Balaban J connectivity index is 1.25. The fraction of sp³-hybridized carbons (Fsp3) is 0.452. The zero-order valence-electron chi connectivity index (χ0n) is 24.0. The van der Waals surface area contributed by atoms with Crippen molar-refractivity contribution in [2.45, 2.75) is 64.6 Å². The Bertz CT molecular complexity index is 1370. The number of ether oxygens (including phenoxy) is 2. The van der Waals surface area contributed by atoms with E-state index in [2.05, 4.69) is 5.32 Å². The van der Waals surface area contributed by atoms with Gasteiger partial charge >= 0.3 is 6.09 Å². The molecule has 0 spiro atoms. The van der Waals surface area contributed by atoms with Gasteiger partial charge in [-0.25, -0.2) is 4.79 Å². The molecule has 3 N–H and O–H groups in total. The van der Waals surface area contributed by atoms with E-state index in [1.54, 1.807) is 46.2 Å². The predicted molar refractivity (Wildman–Crippen MR) is 162 cm³/mol. The topological polar surface area (TPSA) is 136 Å². The third kappa shape index (κ3) is 7.13. The lowest BCUT2D eigenvalue weighted by molar-refractivity contribution is -0.128. The summed E-state index contributed by atoms with van der Waals surface area (Å²) in [6.07, 6.45) is 3.99. The van der Waals surface area contributed by atoms with Gasteiger partial charge in [0.1, 0.15) is 22.6 Å². The summed E-state index contributed by atoms with van der Waals surface area (Å²) in [5.74, 6) is 0.886. The van der Waals surface area contributed by atoms with Crippen molar-refractivity contribution in [1.29, 1.82) is 10.8 Å². The largest absolute Gasteiger partial charge is 0.457 e. The minimum absolute atomic E-state index is 0.0284. The van der Waals surface area contributed by atoms with E-state index in [-0.39, 0.29) is 41.0 Å². The van der Waals surface area contributed by atoms with E-state index in [1.807, 2.05) is 19.9 Å². The van der Waals surface area contributed by atoms with Gasteiger partial charge in [0.05, 0.1) is 11.1 Å². The van der Waals surface area contributed by atoms with Gasteiger partial charge in [0, 0.05) is 55.2 Å². The molecule has 0 bridgehead atoms. The molecule has 5 rings (SSSR count). The summed E-state index contributed by atoms with van der Waals surface area (Å²) in [4.78, 5) is 41.0. The van der Waals surface area contributed by atoms with Gasteiger partial charge in [0.25, 0.3) is 5.91 Å². The van der Waals surface area contributed by atoms with E-state index < -0.39 is 0 Å². The molecule has 2 aromatic carbocycles. The summed E-state index contributed by atoms with van der Waals surface area (Å²) >= 11 is 1.13. The Labute approximate surface area is 250 Å². The van der Waals surface area contributed by atoms with Crippen molar-refractivity contribution in [3.05, 3.63) is 59.2 Å². The van der Waals surface area contributed by atoms with E-state index in [9.17, 15) is 14.4 Å². The Morgan fingerprint density at radius 3 is 2.38 bits per heavy atom. The normalized spacial score (nSPS) is 17.1. The van der Waals surface area contributed by atoms with Crippen molar-refractivity contribution in [3.63, 3.8) is 0 Å². The first-order valence-corrected chi connectivity index (χ1v) is 15.3. The summed E-state index contributed by atoms with van der Waals surface area (Å²) in [7, 11) is 0. The fourth-order valence-corrected chi connectivity index (χ4v) is 5.49. The molecule has 222 valence electrons. The number of benzene rings is 2. The third-order valence-corrected chi connectivity index (χ3v) is 8.87. The maximum absolute atomic E-state index is 13.1. The second-order valence-corrected chi connectivity index (χ2v) is 12.4. The SMILES string of the molecule is CC(C)C(=N)SC(=N)c1ccc(Oc2cc(C(=O)NC3CN(C(=O)OC4CCC4)C3)ccc2CN2CCCC2=O)cc1. The Kier molecular flexibility index (Phi) is 9.15. The number of thioether (sulfide) groups is 1. The first-order valence-electron chi connectivity index (χ1n) is 14.5. The molecule has 2 aliphatic heterocycles. The number of carbonyl (C=O) groups is 3. The van der Waals surface area contributed by atoms with Crippen LogP contribution in [0.5, 0.6) is 11.5 Å². The molecule has 3 fully saturated rings. The minimum atomic E-state index is -0.320. The quantitative estimate of drug-likeness (QED) is 0.264. The summed E-state index contributed by atoms with van der Waals surface area (Å²) < 4.78 is 11.7. The monoisotopic (exact) mass is 591 g/mol. The summed E-state index contributed by atoms with van der Waals surface area (Å²) in [6, 6.07) is 12.1. The molecule has 3 amide bonds. The van der Waals surface area contributed by atoms with Crippen LogP contribution in [0.15, 0.2) is 42.5 Å². The van der Waals surface area contributed by atoms with Crippen molar-refractivity contribution in [3.8, 4) is 11.5 Å². The van der Waals surface area contributed by atoms with Crippen molar-refractivity contribution in [2.75, 3.05) is 19.6 Å². The molecule has 3 aliphatic rings. The lowest BCUT2D eigenvalue weighted by Gasteiger charge is -2.40. The van der Waals surface area contributed by atoms with E-state index in [0.29, 0.717) is 60.3 Å². The number of hydrogen-bond acceptors (Lipinski definition) is 8. The number of rotatable bonds is 9. The number of nitrogens with one attached hydrogen (secondary N) is 3. The van der Waals surface area contributed by atoms with Crippen LogP contribution in [-0.4, -0.2) is 69.6 Å². The third-order valence-electron chi connectivity index (χ3n) is 7.74. The minimum Gasteiger partial charge on any atom is -0.457 e. The molecule has 2 heterocycles. The highest BCUT2D eigenvalue weighted by atomic mass is 32.2. The number of hydrogen-bond donors (Lipinski definition) is 3. The van der Waals surface area contributed by atoms with Gasteiger partial charge in [-0.05, 0) is 62.1 Å². The van der Waals surface area contributed by atoms with Crippen molar-refractivity contribution >= 4 is 39.8 Å². The molecule has 0 radical (unpaired) electrons. The molecule has 1 saturated carbocycles. The zero-order chi connectivity index (χ0) is 29.8. The van der Waals surface area contributed by atoms with Crippen LogP contribution < -0.4 is 10.1 Å². The standard InChI is InChI=1S/C31H37N5O5S/c1-19(2)28(32)42-29(33)20-10-12-25(13-11-20)40-26-15-21(8-9-22(26)16-35-14-4-7-27(35)37)30(38)34-23-17-36(18-23)31(39)41-24-5-3-6-24/h8-13,15,19,23-24,32-33H,3-7,14,16-18H2,1-2H3,(H,34,38). The average Bonchev–Trinajstić information content (AvgIpc) is 3.33. The summed E-state index contributed by atoms with van der Waals surface area (Å²) in [5.41, 5.74) is 1.88. The highest BCUT2D eigenvalue weighted by Crippen LogP contribution is 2.30. The summed E-state index contributed by atoms with van der Waals surface area (Å²) in [6.45, 7) is 5.73. The molecule has 0 aromatic heterocycles. The lowest BCUT2D eigenvalue weighted by Crippen LogP contribution is -2.61. The molecule has 0 atom stereocenters. The van der Waals surface area contributed by atoms with Crippen molar-refractivity contribution < 1.29 is 23.9 Å². The van der Waals surface area contributed by atoms with Crippen LogP contribution in [0.2, 0.25) is 0 Å². The molecule has 2 aromatic rings. The van der Waals surface area contributed by atoms with Crippen LogP contribution >= 0.6 is 11.8 Å². The maximum atomic E-state index is 13.1. The van der Waals surface area contributed by atoms with Gasteiger partial charge < -0.3 is 24.6 Å². The fourth-order valence-electron chi connectivity index (χ4n) is 4.78. The zero-order valence-corrected chi connectivity index (χ0v) is 24.8. The van der Waals surface area contributed by atoms with Crippen LogP contribution in [-0.2, 0) is 16.1 Å². The Morgan fingerprint density at radius 2 is 1.76 bits per heavy atom. The molecule has 1 aliphatic carbocycles. The maximum Gasteiger partial charge on any atom is 0.410 e. The smallest absolute Gasteiger partial charge is 0.410 e. The molecular weight excluding hydrogens is 554 g/mol. The second-order valence-electron chi connectivity index (χ2n) is 11.3. The van der Waals surface area contributed by atoms with Gasteiger partial charge in [-0.15, -0.1) is 0 Å². The van der Waals surface area contributed by atoms with Gasteiger partial charge in [-0.2, -0.15) is 0 Å². The first kappa shape index (κ1) is 29.6. The molecule has 0 unspecified atom stereocenters. The van der Waals surface area contributed by atoms with Gasteiger partial charge in [-0.1, -0.05) is 31.7 Å². The van der Waals surface area contributed by atoms with E-state index in [1.165, 1.54) is 0 Å².